The third kappa shape index (κ3) is 6.15. The van der Waals surface area contributed by atoms with Crippen LogP contribution in [0.4, 0.5) is 4.79 Å². The molecule has 0 unspecified atom stereocenters. The van der Waals surface area contributed by atoms with Crippen molar-refractivity contribution in [2.75, 3.05) is 26.9 Å². The summed E-state index contributed by atoms with van der Waals surface area (Å²) in [4.78, 5) is 13.9. The van der Waals surface area contributed by atoms with Crippen LogP contribution in [0.5, 0.6) is 11.5 Å². The molecular weight excluding hydrogens is 378 g/mol. The Balaban J connectivity index is 1.47. The molecule has 2 aromatic carbocycles. The average Bonchev–Trinajstić information content (AvgIpc) is 3.25. The highest BCUT2D eigenvalue weighted by Gasteiger charge is 2.29. The molecule has 0 saturated carbocycles. The van der Waals surface area contributed by atoms with Gasteiger partial charge in [0.15, 0.2) is 0 Å². The number of hydrogen-bond acceptors (Lipinski definition) is 4. The third-order valence-corrected chi connectivity index (χ3v) is 5.61. The zero-order valence-corrected chi connectivity index (χ0v) is 18.1. The van der Waals surface area contributed by atoms with Gasteiger partial charge in [0.1, 0.15) is 11.5 Å². The number of hydrogen-bond donors (Lipinski definition) is 0. The molecule has 1 amide bonds. The van der Waals surface area contributed by atoms with Crippen molar-refractivity contribution in [2.24, 2.45) is 0 Å². The minimum absolute atomic E-state index is 0.177. The number of benzene rings is 2. The minimum Gasteiger partial charge on any atom is -0.497 e. The van der Waals surface area contributed by atoms with Gasteiger partial charge in [-0.15, -0.1) is 0 Å². The fourth-order valence-corrected chi connectivity index (χ4v) is 4.04. The summed E-state index contributed by atoms with van der Waals surface area (Å²) in [6.07, 6.45) is 5.66. The average molecular weight is 412 g/mol. The summed E-state index contributed by atoms with van der Waals surface area (Å²) in [5, 5.41) is 0. The molecule has 30 heavy (non-hydrogen) atoms. The standard InChI is InChI=1S/C25H33NO4/c1-3-29-25(27)26-17-7-11-22(26)12-8-18-30-24-14-5-4-10-21(24)16-15-20-9-6-13-23(19-20)28-2/h4-6,9-10,13-14,19,22H,3,7-8,11-12,15-18H2,1-2H3/t22-/m0/s1. The second kappa shape index (κ2) is 11.5. The molecule has 0 aromatic heterocycles. The molecule has 5 nitrogen and oxygen atoms in total. The number of likely N-dealkylation sites (tertiary alicyclic amines) is 1. The van der Waals surface area contributed by atoms with Crippen molar-refractivity contribution in [3.05, 3.63) is 59.7 Å². The number of methoxy groups -OCH3 is 1. The van der Waals surface area contributed by atoms with E-state index in [1.807, 2.05) is 36.1 Å². The van der Waals surface area contributed by atoms with Crippen molar-refractivity contribution in [3.63, 3.8) is 0 Å². The van der Waals surface area contributed by atoms with Crippen molar-refractivity contribution in [2.45, 2.75) is 51.5 Å². The van der Waals surface area contributed by atoms with Crippen molar-refractivity contribution < 1.29 is 19.0 Å². The molecule has 1 aliphatic heterocycles. The van der Waals surface area contributed by atoms with Crippen LogP contribution in [0.25, 0.3) is 0 Å². The number of nitrogens with zero attached hydrogens (tertiary/aromatic N) is 1. The molecule has 0 spiro atoms. The van der Waals surface area contributed by atoms with Crippen molar-refractivity contribution in [1.82, 2.24) is 4.90 Å². The molecule has 0 radical (unpaired) electrons. The van der Waals surface area contributed by atoms with Crippen LogP contribution < -0.4 is 9.47 Å². The number of aryl methyl sites for hydroxylation is 2. The highest BCUT2D eigenvalue weighted by molar-refractivity contribution is 5.68. The van der Waals surface area contributed by atoms with E-state index in [1.165, 1.54) is 11.1 Å². The van der Waals surface area contributed by atoms with Crippen LogP contribution in [-0.2, 0) is 17.6 Å². The molecule has 0 bridgehead atoms. The Labute approximate surface area is 179 Å². The van der Waals surface area contributed by atoms with E-state index >= 15 is 0 Å². The second-order valence-electron chi connectivity index (χ2n) is 7.64. The van der Waals surface area contributed by atoms with E-state index in [2.05, 4.69) is 24.3 Å². The number of para-hydroxylation sites is 1. The summed E-state index contributed by atoms with van der Waals surface area (Å²) >= 11 is 0. The van der Waals surface area contributed by atoms with Gasteiger partial charge in [-0.25, -0.2) is 4.79 Å². The quantitative estimate of drug-likeness (QED) is 0.500. The van der Waals surface area contributed by atoms with Gasteiger partial charge < -0.3 is 19.1 Å². The molecular formula is C25H33NO4. The first-order valence-electron chi connectivity index (χ1n) is 11.0. The Kier molecular flexibility index (Phi) is 8.42. The Morgan fingerprint density at radius 2 is 2.00 bits per heavy atom. The van der Waals surface area contributed by atoms with E-state index in [-0.39, 0.29) is 12.1 Å². The maximum absolute atomic E-state index is 12.0. The lowest BCUT2D eigenvalue weighted by molar-refractivity contribution is 0.100. The zero-order valence-electron chi connectivity index (χ0n) is 18.1. The second-order valence-corrected chi connectivity index (χ2v) is 7.64. The van der Waals surface area contributed by atoms with Gasteiger partial charge in [0.05, 0.1) is 20.3 Å². The maximum atomic E-state index is 12.0. The summed E-state index contributed by atoms with van der Waals surface area (Å²) in [6.45, 7) is 3.74. The molecule has 1 heterocycles. The van der Waals surface area contributed by atoms with E-state index < -0.39 is 0 Å². The predicted molar refractivity (Wildman–Crippen MR) is 118 cm³/mol. The van der Waals surface area contributed by atoms with Gasteiger partial charge in [-0.2, -0.15) is 0 Å². The van der Waals surface area contributed by atoms with E-state index in [0.717, 1.165) is 56.6 Å². The van der Waals surface area contributed by atoms with Crippen molar-refractivity contribution >= 4 is 6.09 Å². The Morgan fingerprint density at radius 1 is 1.13 bits per heavy atom. The molecule has 1 fully saturated rings. The summed E-state index contributed by atoms with van der Waals surface area (Å²) in [6, 6.07) is 16.7. The van der Waals surface area contributed by atoms with Gasteiger partial charge in [0.25, 0.3) is 0 Å². The highest BCUT2D eigenvalue weighted by Crippen LogP contribution is 2.24. The van der Waals surface area contributed by atoms with Gasteiger partial charge >= 0.3 is 6.09 Å². The fourth-order valence-electron chi connectivity index (χ4n) is 4.04. The van der Waals surface area contributed by atoms with Crippen LogP contribution in [-0.4, -0.2) is 43.9 Å². The van der Waals surface area contributed by atoms with Crippen LogP contribution in [0.15, 0.2) is 48.5 Å². The van der Waals surface area contributed by atoms with Crippen LogP contribution in [0.3, 0.4) is 0 Å². The molecule has 1 atom stereocenters. The van der Waals surface area contributed by atoms with Gasteiger partial charge in [0.2, 0.25) is 0 Å². The summed E-state index contributed by atoms with van der Waals surface area (Å²) in [7, 11) is 1.69. The van der Waals surface area contributed by atoms with E-state index in [4.69, 9.17) is 14.2 Å². The lowest BCUT2D eigenvalue weighted by Crippen LogP contribution is -2.36. The molecule has 1 saturated heterocycles. The van der Waals surface area contributed by atoms with Gasteiger partial charge in [-0.3, -0.25) is 0 Å². The first kappa shape index (κ1) is 22.0. The SMILES string of the molecule is CCOC(=O)N1CCC[C@H]1CCCOc1ccccc1CCc1cccc(OC)c1. The van der Waals surface area contributed by atoms with Crippen LogP contribution in [0.2, 0.25) is 0 Å². The van der Waals surface area contributed by atoms with E-state index in [0.29, 0.717) is 13.2 Å². The third-order valence-electron chi connectivity index (χ3n) is 5.61. The molecule has 0 aliphatic carbocycles. The molecule has 0 N–H and O–H groups in total. The van der Waals surface area contributed by atoms with Crippen molar-refractivity contribution in [3.8, 4) is 11.5 Å². The number of carbonyl (C=O) groups is 1. The number of ether oxygens (including phenoxy) is 3. The summed E-state index contributed by atoms with van der Waals surface area (Å²) in [5.74, 6) is 1.84. The Hall–Kier alpha value is -2.69. The lowest BCUT2D eigenvalue weighted by atomic mass is 10.0. The van der Waals surface area contributed by atoms with Gasteiger partial charge in [0, 0.05) is 12.6 Å². The molecule has 162 valence electrons. The molecule has 5 heteroatoms. The zero-order chi connectivity index (χ0) is 21.2. The van der Waals surface area contributed by atoms with E-state index in [1.54, 1.807) is 7.11 Å². The van der Waals surface area contributed by atoms with E-state index in [9.17, 15) is 4.79 Å². The summed E-state index contributed by atoms with van der Waals surface area (Å²) in [5.41, 5.74) is 2.47. The monoisotopic (exact) mass is 411 g/mol. The Bertz CT molecular complexity index is 807. The summed E-state index contributed by atoms with van der Waals surface area (Å²) < 4.78 is 16.6. The fraction of sp³-hybridized carbons (Fsp3) is 0.480. The maximum Gasteiger partial charge on any atom is 0.409 e. The minimum atomic E-state index is -0.177. The molecule has 1 aliphatic rings. The predicted octanol–water partition coefficient (Wildman–Crippen LogP) is 5.26. The first-order chi connectivity index (χ1) is 14.7. The highest BCUT2D eigenvalue weighted by atomic mass is 16.6. The molecule has 3 rings (SSSR count). The normalized spacial score (nSPS) is 15.8. The first-order valence-corrected chi connectivity index (χ1v) is 11.0. The Morgan fingerprint density at radius 3 is 2.83 bits per heavy atom. The lowest BCUT2D eigenvalue weighted by Gasteiger charge is -2.23. The largest absolute Gasteiger partial charge is 0.497 e. The van der Waals surface area contributed by atoms with Gasteiger partial charge in [-0.1, -0.05) is 30.3 Å². The topological polar surface area (TPSA) is 48.0 Å². The van der Waals surface area contributed by atoms with Crippen LogP contribution in [0, 0.1) is 0 Å². The van der Waals surface area contributed by atoms with Crippen LogP contribution in [0.1, 0.15) is 43.7 Å². The number of carbonyl (C=O) groups excluding carboxylic acids is 1. The number of rotatable bonds is 10. The van der Waals surface area contributed by atoms with Crippen molar-refractivity contribution in [1.29, 1.82) is 0 Å². The molecule has 2 aromatic rings. The smallest absolute Gasteiger partial charge is 0.409 e. The van der Waals surface area contributed by atoms with Gasteiger partial charge in [-0.05, 0) is 74.8 Å². The van der Waals surface area contributed by atoms with Crippen LogP contribution >= 0.6 is 0 Å². The number of amides is 1.